The first-order valence-electron chi connectivity index (χ1n) is 8.18. The van der Waals surface area contributed by atoms with Crippen molar-refractivity contribution in [2.24, 2.45) is 0 Å². The van der Waals surface area contributed by atoms with E-state index in [0.29, 0.717) is 22.9 Å². The Kier molecular flexibility index (Phi) is 5.95. The highest BCUT2D eigenvalue weighted by Gasteiger charge is 2.18. The molecule has 0 amide bonds. The van der Waals surface area contributed by atoms with Crippen LogP contribution in [0.1, 0.15) is 5.69 Å². The summed E-state index contributed by atoms with van der Waals surface area (Å²) in [5.74, 6) is 1.75. The molecule has 0 fully saturated rings. The second kappa shape index (κ2) is 8.57. The van der Waals surface area contributed by atoms with Crippen molar-refractivity contribution >= 4 is 17.0 Å². The summed E-state index contributed by atoms with van der Waals surface area (Å²) in [6.07, 6.45) is 0. The topological polar surface area (TPSA) is 93.0 Å². The van der Waals surface area contributed by atoms with Gasteiger partial charge in [0, 0.05) is 5.38 Å². The number of benzene rings is 2. The van der Waals surface area contributed by atoms with Crippen LogP contribution >= 0.6 is 11.3 Å². The number of hydrogen-bond donors (Lipinski definition) is 0. The molecule has 0 aliphatic carbocycles. The van der Waals surface area contributed by atoms with Gasteiger partial charge < -0.3 is 18.9 Å². The van der Waals surface area contributed by atoms with E-state index >= 15 is 0 Å². The highest BCUT2D eigenvalue weighted by molar-refractivity contribution is 7.13. The van der Waals surface area contributed by atoms with Gasteiger partial charge in [0.1, 0.15) is 17.4 Å². The standard InChI is InChI=1S/C19H18N2O6S/c1-24-13-7-8-16(15(9-13)21(22)23)27-10-12-11-28-19(20-12)14-5-4-6-17(25-2)18(14)26-3/h4-9,11H,10H2,1-3H3. The Hall–Kier alpha value is -3.33. The molecule has 0 spiro atoms. The fraction of sp³-hybridized carbons (Fsp3) is 0.211. The third-order valence-corrected chi connectivity index (χ3v) is 4.85. The van der Waals surface area contributed by atoms with Crippen LogP contribution in [0.15, 0.2) is 41.8 Å². The third-order valence-electron chi connectivity index (χ3n) is 3.92. The lowest BCUT2D eigenvalue weighted by Crippen LogP contribution is -2.00. The van der Waals surface area contributed by atoms with Crippen LogP contribution in [0.5, 0.6) is 23.0 Å². The van der Waals surface area contributed by atoms with Crippen molar-refractivity contribution in [3.63, 3.8) is 0 Å². The zero-order chi connectivity index (χ0) is 20.1. The van der Waals surface area contributed by atoms with Crippen LogP contribution in [-0.2, 0) is 6.61 Å². The molecule has 0 aliphatic rings. The minimum Gasteiger partial charge on any atom is -0.496 e. The van der Waals surface area contributed by atoms with Gasteiger partial charge in [-0.25, -0.2) is 4.98 Å². The van der Waals surface area contributed by atoms with E-state index in [1.807, 2.05) is 23.6 Å². The number of rotatable bonds is 8. The summed E-state index contributed by atoms with van der Waals surface area (Å²) in [6.45, 7) is 0.0932. The lowest BCUT2D eigenvalue weighted by atomic mass is 10.2. The summed E-state index contributed by atoms with van der Waals surface area (Å²) >= 11 is 1.42. The Morgan fingerprint density at radius 3 is 2.57 bits per heavy atom. The van der Waals surface area contributed by atoms with E-state index in [9.17, 15) is 10.1 Å². The van der Waals surface area contributed by atoms with Crippen molar-refractivity contribution in [3.8, 4) is 33.6 Å². The minimum atomic E-state index is -0.508. The summed E-state index contributed by atoms with van der Waals surface area (Å²) < 4.78 is 21.4. The largest absolute Gasteiger partial charge is 0.496 e. The molecule has 146 valence electrons. The second-order valence-corrected chi connectivity index (χ2v) is 6.42. The Morgan fingerprint density at radius 2 is 1.89 bits per heavy atom. The molecular weight excluding hydrogens is 384 g/mol. The molecule has 1 heterocycles. The molecule has 0 bridgehead atoms. The maximum atomic E-state index is 11.3. The van der Waals surface area contributed by atoms with Crippen molar-refractivity contribution < 1.29 is 23.9 Å². The highest BCUT2D eigenvalue weighted by atomic mass is 32.1. The molecule has 0 saturated carbocycles. The van der Waals surface area contributed by atoms with Crippen LogP contribution in [0, 0.1) is 10.1 Å². The molecule has 0 unspecified atom stereocenters. The van der Waals surface area contributed by atoms with E-state index < -0.39 is 4.92 Å². The predicted molar refractivity (Wildman–Crippen MR) is 105 cm³/mol. The third kappa shape index (κ3) is 3.99. The number of thiazole rings is 1. The van der Waals surface area contributed by atoms with Gasteiger partial charge in [0.05, 0.1) is 43.6 Å². The van der Waals surface area contributed by atoms with Gasteiger partial charge in [-0.3, -0.25) is 10.1 Å². The number of hydrogen-bond acceptors (Lipinski definition) is 8. The summed E-state index contributed by atoms with van der Waals surface area (Å²) in [5.41, 5.74) is 1.28. The summed E-state index contributed by atoms with van der Waals surface area (Å²) in [4.78, 5) is 15.3. The van der Waals surface area contributed by atoms with Crippen molar-refractivity contribution in [2.45, 2.75) is 6.61 Å². The first-order chi connectivity index (χ1) is 13.6. The second-order valence-electron chi connectivity index (χ2n) is 5.56. The Bertz CT molecular complexity index is 988. The van der Waals surface area contributed by atoms with E-state index in [0.717, 1.165) is 10.6 Å². The van der Waals surface area contributed by atoms with Gasteiger partial charge in [0.2, 0.25) is 0 Å². The minimum absolute atomic E-state index is 0.0932. The Labute approximate surface area is 165 Å². The molecule has 0 saturated heterocycles. The predicted octanol–water partition coefficient (Wildman–Crippen LogP) is 4.32. The van der Waals surface area contributed by atoms with E-state index in [4.69, 9.17) is 18.9 Å². The number of nitro groups is 1. The van der Waals surface area contributed by atoms with Crippen molar-refractivity contribution in [1.82, 2.24) is 4.98 Å². The maximum Gasteiger partial charge on any atom is 0.314 e. The van der Waals surface area contributed by atoms with Crippen molar-refractivity contribution in [3.05, 3.63) is 57.6 Å². The first kappa shape index (κ1) is 19.4. The van der Waals surface area contributed by atoms with Crippen molar-refractivity contribution in [2.75, 3.05) is 21.3 Å². The quantitative estimate of drug-likeness (QED) is 0.409. The van der Waals surface area contributed by atoms with Crippen LogP contribution in [0.3, 0.4) is 0 Å². The molecule has 0 radical (unpaired) electrons. The van der Waals surface area contributed by atoms with Gasteiger partial charge in [0.25, 0.3) is 0 Å². The average molecular weight is 402 g/mol. The van der Waals surface area contributed by atoms with Crippen LogP contribution < -0.4 is 18.9 Å². The highest BCUT2D eigenvalue weighted by Crippen LogP contribution is 2.39. The normalized spacial score (nSPS) is 10.4. The molecule has 3 rings (SSSR count). The van der Waals surface area contributed by atoms with Crippen LogP contribution in [-0.4, -0.2) is 31.2 Å². The number of nitro benzene ring substituents is 1. The van der Waals surface area contributed by atoms with Crippen LogP contribution in [0.4, 0.5) is 5.69 Å². The molecule has 3 aromatic rings. The van der Waals surface area contributed by atoms with Gasteiger partial charge in [0.15, 0.2) is 17.2 Å². The monoisotopic (exact) mass is 402 g/mol. The molecule has 0 aliphatic heterocycles. The molecule has 9 heteroatoms. The molecule has 0 atom stereocenters. The van der Waals surface area contributed by atoms with E-state index in [1.54, 1.807) is 20.3 Å². The van der Waals surface area contributed by atoms with Crippen LogP contribution in [0.2, 0.25) is 0 Å². The van der Waals surface area contributed by atoms with Gasteiger partial charge >= 0.3 is 5.69 Å². The lowest BCUT2D eigenvalue weighted by Gasteiger charge is -2.10. The molecule has 28 heavy (non-hydrogen) atoms. The smallest absolute Gasteiger partial charge is 0.314 e. The number of nitrogens with zero attached hydrogens (tertiary/aromatic N) is 2. The number of aromatic nitrogens is 1. The molecule has 2 aromatic carbocycles. The van der Waals surface area contributed by atoms with Crippen LogP contribution in [0.25, 0.3) is 10.6 Å². The van der Waals surface area contributed by atoms with E-state index in [2.05, 4.69) is 4.98 Å². The fourth-order valence-corrected chi connectivity index (χ4v) is 3.42. The van der Waals surface area contributed by atoms with Gasteiger partial charge in [-0.2, -0.15) is 0 Å². The maximum absolute atomic E-state index is 11.3. The lowest BCUT2D eigenvalue weighted by molar-refractivity contribution is -0.386. The summed E-state index contributed by atoms with van der Waals surface area (Å²) in [5, 5.41) is 13.8. The van der Waals surface area contributed by atoms with Crippen molar-refractivity contribution in [1.29, 1.82) is 0 Å². The first-order valence-corrected chi connectivity index (χ1v) is 9.06. The number of methoxy groups -OCH3 is 3. The number of para-hydroxylation sites is 1. The average Bonchev–Trinajstić information content (AvgIpc) is 3.20. The molecule has 0 N–H and O–H groups in total. The van der Waals surface area contributed by atoms with E-state index in [1.165, 1.54) is 30.6 Å². The Balaban J connectivity index is 1.81. The number of ether oxygens (including phenoxy) is 4. The summed E-state index contributed by atoms with van der Waals surface area (Å²) in [7, 11) is 4.59. The van der Waals surface area contributed by atoms with E-state index in [-0.39, 0.29) is 18.0 Å². The molecule has 8 nitrogen and oxygen atoms in total. The SMILES string of the molecule is COc1ccc(OCc2csc(-c3cccc(OC)c3OC)n2)c([N+](=O)[O-])c1. The summed E-state index contributed by atoms with van der Waals surface area (Å²) in [6, 6.07) is 9.99. The zero-order valence-electron chi connectivity index (χ0n) is 15.5. The zero-order valence-corrected chi connectivity index (χ0v) is 16.3. The Morgan fingerprint density at radius 1 is 1.07 bits per heavy atom. The van der Waals surface area contributed by atoms with Gasteiger partial charge in [-0.05, 0) is 24.3 Å². The molecular formula is C19H18N2O6S. The molecule has 1 aromatic heterocycles. The van der Waals surface area contributed by atoms with Gasteiger partial charge in [-0.1, -0.05) is 6.07 Å². The van der Waals surface area contributed by atoms with Gasteiger partial charge in [-0.15, -0.1) is 11.3 Å². The fourth-order valence-electron chi connectivity index (χ4n) is 2.59.